The molecule has 0 bridgehead atoms. The predicted octanol–water partition coefficient (Wildman–Crippen LogP) is 3.32. The fraction of sp³-hybridized carbons (Fsp3) is 0.143. The average Bonchev–Trinajstić information content (AvgIpc) is 3.10. The van der Waals surface area contributed by atoms with Gasteiger partial charge in [0.05, 0.1) is 18.2 Å². The number of anilines is 3. The van der Waals surface area contributed by atoms with Gasteiger partial charge in [-0.2, -0.15) is 5.10 Å². The Hall–Kier alpha value is -3.78. The summed E-state index contributed by atoms with van der Waals surface area (Å²) in [6.45, 7) is 1.98. The van der Waals surface area contributed by atoms with E-state index in [4.69, 9.17) is 10.5 Å². The largest absolute Gasteiger partial charge is 0.495 e. The smallest absolute Gasteiger partial charge is 0.202 e. The summed E-state index contributed by atoms with van der Waals surface area (Å²) < 4.78 is 5.33. The second kappa shape index (κ2) is 7.69. The van der Waals surface area contributed by atoms with Gasteiger partial charge in [0.25, 0.3) is 0 Å². The highest BCUT2D eigenvalue weighted by Gasteiger charge is 2.12. The van der Waals surface area contributed by atoms with Crippen LogP contribution in [0.4, 0.5) is 17.2 Å². The molecule has 1 unspecified atom stereocenters. The van der Waals surface area contributed by atoms with Crippen molar-refractivity contribution >= 4 is 28.2 Å². The van der Waals surface area contributed by atoms with Gasteiger partial charge in [0.2, 0.25) is 6.35 Å². The number of H-pyrrole nitrogens is 1. The van der Waals surface area contributed by atoms with E-state index in [1.54, 1.807) is 13.3 Å². The molecule has 4 aromatic rings. The number of nitrogens with zero attached hydrogens (tertiary/aromatic N) is 2. The molecule has 2 aromatic heterocycles. The van der Waals surface area contributed by atoms with Crippen molar-refractivity contribution in [3.63, 3.8) is 0 Å². The Morgan fingerprint density at radius 1 is 1.10 bits per heavy atom. The number of rotatable bonds is 6. The molecular weight excluding hydrogens is 368 g/mol. The number of ether oxygens (including phenoxy) is 1. The molecule has 0 aliphatic carbocycles. The molecule has 0 saturated heterocycles. The number of aryl methyl sites for hydroxylation is 1. The van der Waals surface area contributed by atoms with Crippen LogP contribution in [0.15, 0.2) is 54.7 Å². The van der Waals surface area contributed by atoms with Crippen LogP contribution in [0.1, 0.15) is 5.56 Å². The molecule has 8 heteroatoms. The summed E-state index contributed by atoms with van der Waals surface area (Å²) in [6, 6.07) is 15.3. The van der Waals surface area contributed by atoms with Crippen molar-refractivity contribution in [2.24, 2.45) is 0 Å². The number of aromatic amines is 1. The van der Waals surface area contributed by atoms with Crippen LogP contribution in [0, 0.1) is 6.92 Å². The van der Waals surface area contributed by atoms with E-state index in [0.29, 0.717) is 22.9 Å². The SMILES string of the molecule is COc1ccc(C)cc1NC(O)Nc1ccc(-c2ccnc3n[nH]c(N)c23)cc1. The number of aliphatic hydroxyl groups is 1. The second-order valence-corrected chi connectivity index (χ2v) is 6.67. The Morgan fingerprint density at radius 2 is 1.90 bits per heavy atom. The Bertz CT molecular complexity index is 1140. The number of benzene rings is 2. The lowest BCUT2D eigenvalue weighted by atomic mass is 10.0. The molecule has 0 amide bonds. The van der Waals surface area contributed by atoms with Crippen LogP contribution in [-0.2, 0) is 0 Å². The molecule has 6 N–H and O–H groups in total. The first-order valence-corrected chi connectivity index (χ1v) is 9.10. The number of nitrogen functional groups attached to an aromatic ring is 1. The molecule has 0 aliphatic heterocycles. The maximum atomic E-state index is 10.4. The van der Waals surface area contributed by atoms with E-state index in [9.17, 15) is 5.11 Å². The lowest BCUT2D eigenvalue weighted by molar-refractivity contribution is 0.232. The Labute approximate surface area is 167 Å². The molecule has 1 atom stereocenters. The summed E-state index contributed by atoms with van der Waals surface area (Å²) in [5.41, 5.74) is 11.0. The molecule has 0 radical (unpaired) electrons. The third-order valence-corrected chi connectivity index (χ3v) is 4.63. The molecule has 8 nitrogen and oxygen atoms in total. The fourth-order valence-corrected chi connectivity index (χ4v) is 3.23. The van der Waals surface area contributed by atoms with Gasteiger partial charge in [-0.15, -0.1) is 0 Å². The van der Waals surface area contributed by atoms with Crippen molar-refractivity contribution in [1.82, 2.24) is 15.2 Å². The third kappa shape index (κ3) is 3.78. The highest BCUT2D eigenvalue weighted by molar-refractivity contribution is 5.99. The number of fused-ring (bicyclic) bond motifs is 1. The maximum absolute atomic E-state index is 10.4. The van der Waals surface area contributed by atoms with Gasteiger partial charge in [-0.3, -0.25) is 5.10 Å². The van der Waals surface area contributed by atoms with Crippen LogP contribution in [0.3, 0.4) is 0 Å². The molecule has 0 saturated carbocycles. The summed E-state index contributed by atoms with van der Waals surface area (Å²) in [4.78, 5) is 4.22. The van der Waals surface area contributed by atoms with E-state index in [0.717, 1.165) is 27.8 Å². The summed E-state index contributed by atoms with van der Waals surface area (Å²) >= 11 is 0. The van der Waals surface area contributed by atoms with Crippen molar-refractivity contribution in [2.75, 3.05) is 23.5 Å². The quantitative estimate of drug-likeness (QED) is 0.320. The van der Waals surface area contributed by atoms with Gasteiger partial charge in [-0.25, -0.2) is 4.98 Å². The van der Waals surface area contributed by atoms with E-state index < -0.39 is 6.35 Å². The summed E-state index contributed by atoms with van der Waals surface area (Å²) in [5, 5.41) is 24.1. The highest BCUT2D eigenvalue weighted by Crippen LogP contribution is 2.31. The molecule has 148 valence electrons. The summed E-state index contributed by atoms with van der Waals surface area (Å²) in [5.74, 6) is 1.14. The second-order valence-electron chi connectivity index (χ2n) is 6.67. The molecule has 29 heavy (non-hydrogen) atoms. The number of aromatic nitrogens is 3. The lowest BCUT2D eigenvalue weighted by Gasteiger charge is -2.19. The van der Waals surface area contributed by atoms with Crippen molar-refractivity contribution in [1.29, 1.82) is 0 Å². The molecule has 0 spiro atoms. The van der Waals surface area contributed by atoms with Crippen LogP contribution in [0.5, 0.6) is 5.75 Å². The fourth-order valence-electron chi connectivity index (χ4n) is 3.23. The Balaban J connectivity index is 1.51. The topological polar surface area (TPSA) is 121 Å². The van der Waals surface area contributed by atoms with Crippen molar-refractivity contribution in [3.05, 3.63) is 60.3 Å². The number of pyridine rings is 1. The Kier molecular flexibility index (Phi) is 4.92. The van der Waals surface area contributed by atoms with Gasteiger partial charge in [-0.05, 0) is 53.9 Å². The van der Waals surface area contributed by atoms with E-state index in [1.807, 2.05) is 55.5 Å². The normalized spacial score (nSPS) is 12.0. The molecule has 4 rings (SSSR count). The van der Waals surface area contributed by atoms with Gasteiger partial charge in [0.1, 0.15) is 11.6 Å². The zero-order chi connectivity index (χ0) is 20.4. The minimum absolute atomic E-state index is 0.483. The molecule has 0 aliphatic rings. The van der Waals surface area contributed by atoms with Crippen LogP contribution in [0.2, 0.25) is 0 Å². The first kappa shape index (κ1) is 18.6. The van der Waals surface area contributed by atoms with E-state index in [1.165, 1.54) is 0 Å². The molecule has 2 heterocycles. The first-order valence-electron chi connectivity index (χ1n) is 9.10. The molecular formula is C21H22N6O2. The van der Waals surface area contributed by atoms with Crippen LogP contribution < -0.4 is 21.1 Å². The van der Waals surface area contributed by atoms with Gasteiger partial charge < -0.3 is 26.2 Å². The molecule has 0 fully saturated rings. The zero-order valence-corrected chi connectivity index (χ0v) is 16.1. The number of nitrogens with one attached hydrogen (secondary N) is 3. The minimum atomic E-state index is -0.992. The summed E-state index contributed by atoms with van der Waals surface area (Å²) in [6.07, 6.45) is 0.709. The number of hydrogen-bond donors (Lipinski definition) is 5. The third-order valence-electron chi connectivity index (χ3n) is 4.63. The average molecular weight is 390 g/mol. The van der Waals surface area contributed by atoms with E-state index in [-0.39, 0.29) is 0 Å². The maximum Gasteiger partial charge on any atom is 0.202 e. The van der Waals surface area contributed by atoms with Crippen LogP contribution in [0.25, 0.3) is 22.2 Å². The zero-order valence-electron chi connectivity index (χ0n) is 16.1. The first-order chi connectivity index (χ1) is 14.0. The van der Waals surface area contributed by atoms with Crippen LogP contribution in [-0.4, -0.2) is 33.7 Å². The lowest BCUT2D eigenvalue weighted by Crippen LogP contribution is -2.28. The summed E-state index contributed by atoms with van der Waals surface area (Å²) in [7, 11) is 1.59. The number of aliphatic hydroxyl groups excluding tert-OH is 1. The Morgan fingerprint density at radius 3 is 2.66 bits per heavy atom. The number of methoxy groups -OCH3 is 1. The van der Waals surface area contributed by atoms with E-state index in [2.05, 4.69) is 25.8 Å². The van der Waals surface area contributed by atoms with Gasteiger partial charge in [0.15, 0.2) is 5.65 Å². The monoisotopic (exact) mass is 390 g/mol. The van der Waals surface area contributed by atoms with Crippen molar-refractivity contribution in [3.8, 4) is 16.9 Å². The van der Waals surface area contributed by atoms with Gasteiger partial charge >= 0.3 is 0 Å². The number of nitrogens with two attached hydrogens (primary N) is 1. The van der Waals surface area contributed by atoms with Crippen molar-refractivity contribution in [2.45, 2.75) is 13.3 Å². The van der Waals surface area contributed by atoms with Crippen LogP contribution >= 0.6 is 0 Å². The number of hydrogen-bond acceptors (Lipinski definition) is 7. The van der Waals surface area contributed by atoms with E-state index >= 15 is 0 Å². The highest BCUT2D eigenvalue weighted by atomic mass is 16.5. The predicted molar refractivity (Wildman–Crippen MR) is 115 cm³/mol. The van der Waals surface area contributed by atoms with Gasteiger partial charge in [0, 0.05) is 11.9 Å². The minimum Gasteiger partial charge on any atom is -0.495 e. The van der Waals surface area contributed by atoms with Gasteiger partial charge in [-0.1, -0.05) is 18.2 Å². The van der Waals surface area contributed by atoms with Crippen molar-refractivity contribution < 1.29 is 9.84 Å². The standard InChI is InChI=1S/C21H22N6O2/c1-12-3-8-17(29-2)16(11-12)25-21(28)24-14-6-4-13(5-7-14)15-9-10-23-20-18(15)19(22)26-27-20/h3-11,21,24-25,28H,1-2H3,(H3,22,23,26,27). The molecule has 2 aromatic carbocycles.